The van der Waals surface area contributed by atoms with E-state index in [-0.39, 0.29) is 5.91 Å². The summed E-state index contributed by atoms with van der Waals surface area (Å²) in [5.41, 5.74) is 4.99. The zero-order valence-corrected chi connectivity index (χ0v) is 20.6. The first-order chi connectivity index (χ1) is 17.0. The van der Waals surface area contributed by atoms with Crippen LogP contribution in [0, 0.1) is 6.92 Å². The second-order valence-electron chi connectivity index (χ2n) is 8.60. The minimum atomic E-state index is -0.0445. The van der Waals surface area contributed by atoms with Crippen LogP contribution in [0.4, 0.5) is 5.69 Å². The molecule has 5 rings (SSSR count). The average Bonchev–Trinajstić information content (AvgIpc) is 3.34. The molecule has 35 heavy (non-hydrogen) atoms. The number of rotatable bonds is 5. The second-order valence-corrected chi connectivity index (χ2v) is 9.00. The summed E-state index contributed by atoms with van der Waals surface area (Å²) >= 11 is 6.46. The molecule has 0 saturated carbocycles. The molecule has 2 heterocycles. The van der Waals surface area contributed by atoms with Crippen molar-refractivity contribution in [1.29, 1.82) is 0 Å². The highest BCUT2D eigenvalue weighted by Gasteiger charge is 2.27. The molecule has 1 saturated heterocycles. The lowest BCUT2D eigenvalue weighted by Gasteiger charge is -2.36. The molecule has 0 bridgehead atoms. The van der Waals surface area contributed by atoms with E-state index in [1.165, 1.54) is 0 Å². The molecule has 0 unspecified atom stereocenters. The molecule has 1 fully saturated rings. The summed E-state index contributed by atoms with van der Waals surface area (Å²) < 4.78 is 7.26. The van der Waals surface area contributed by atoms with Crippen molar-refractivity contribution in [3.8, 4) is 22.7 Å². The van der Waals surface area contributed by atoms with E-state index < -0.39 is 0 Å². The van der Waals surface area contributed by atoms with Gasteiger partial charge < -0.3 is 14.5 Å². The predicted molar refractivity (Wildman–Crippen MR) is 140 cm³/mol. The van der Waals surface area contributed by atoms with Crippen LogP contribution in [-0.2, 0) is 0 Å². The first-order valence-electron chi connectivity index (χ1n) is 11.6. The van der Waals surface area contributed by atoms with Crippen LogP contribution in [0.15, 0.2) is 78.9 Å². The van der Waals surface area contributed by atoms with E-state index >= 15 is 0 Å². The van der Waals surface area contributed by atoms with E-state index in [1.54, 1.807) is 11.8 Å². The number of carbonyl (C=O) groups is 1. The number of methoxy groups -OCH3 is 1. The molecular weight excluding hydrogens is 460 g/mol. The molecule has 0 radical (unpaired) electrons. The van der Waals surface area contributed by atoms with Crippen LogP contribution in [0.5, 0.6) is 5.75 Å². The summed E-state index contributed by atoms with van der Waals surface area (Å²) in [6.45, 7) is 4.69. The number of para-hydroxylation sites is 2. The first kappa shape index (κ1) is 23.0. The highest BCUT2D eigenvalue weighted by Crippen LogP contribution is 2.30. The number of halogens is 1. The minimum Gasteiger partial charge on any atom is -0.495 e. The molecule has 1 amide bonds. The highest BCUT2D eigenvalue weighted by atomic mass is 35.5. The van der Waals surface area contributed by atoms with E-state index in [9.17, 15) is 4.79 Å². The molecule has 1 aromatic heterocycles. The number of hydrogen-bond acceptors (Lipinski definition) is 4. The number of aryl methyl sites for hydroxylation is 1. The molecule has 3 aromatic carbocycles. The number of carbonyl (C=O) groups excluding carboxylic acids is 1. The van der Waals surface area contributed by atoms with Crippen molar-refractivity contribution >= 4 is 23.2 Å². The van der Waals surface area contributed by atoms with Gasteiger partial charge in [-0.1, -0.05) is 54.1 Å². The largest absolute Gasteiger partial charge is 0.495 e. The van der Waals surface area contributed by atoms with Crippen molar-refractivity contribution in [2.24, 2.45) is 0 Å². The lowest BCUT2D eigenvalue weighted by atomic mass is 10.1. The van der Waals surface area contributed by atoms with E-state index in [2.05, 4.69) is 11.0 Å². The topological polar surface area (TPSA) is 50.6 Å². The molecule has 178 valence electrons. The summed E-state index contributed by atoms with van der Waals surface area (Å²) in [4.78, 5) is 17.9. The van der Waals surface area contributed by atoms with Gasteiger partial charge in [-0.15, -0.1) is 0 Å². The molecule has 0 aliphatic carbocycles. The summed E-state index contributed by atoms with van der Waals surface area (Å²) in [5, 5.41) is 5.41. The quantitative estimate of drug-likeness (QED) is 0.375. The molecule has 0 N–H and O–H groups in total. The van der Waals surface area contributed by atoms with Crippen molar-refractivity contribution in [2.45, 2.75) is 6.92 Å². The van der Waals surface area contributed by atoms with Gasteiger partial charge >= 0.3 is 0 Å². The number of amides is 1. The Morgan fingerprint density at radius 1 is 0.914 bits per heavy atom. The van der Waals surface area contributed by atoms with Crippen LogP contribution >= 0.6 is 11.6 Å². The van der Waals surface area contributed by atoms with Gasteiger partial charge in [0.25, 0.3) is 5.91 Å². The molecule has 7 heteroatoms. The number of benzene rings is 3. The van der Waals surface area contributed by atoms with Crippen LogP contribution in [0.2, 0.25) is 5.02 Å². The maximum Gasteiger partial charge on any atom is 0.272 e. The lowest BCUT2D eigenvalue weighted by Crippen LogP contribution is -2.49. The van der Waals surface area contributed by atoms with Crippen LogP contribution in [0.3, 0.4) is 0 Å². The Balaban J connectivity index is 1.45. The van der Waals surface area contributed by atoms with Crippen LogP contribution in [-0.4, -0.2) is 53.9 Å². The Morgan fingerprint density at radius 3 is 2.40 bits per heavy atom. The zero-order valence-electron chi connectivity index (χ0n) is 19.8. The highest BCUT2D eigenvalue weighted by molar-refractivity contribution is 6.33. The van der Waals surface area contributed by atoms with Crippen molar-refractivity contribution in [1.82, 2.24) is 14.7 Å². The summed E-state index contributed by atoms with van der Waals surface area (Å²) in [6.07, 6.45) is 0. The number of anilines is 1. The fourth-order valence-corrected chi connectivity index (χ4v) is 4.73. The fourth-order valence-electron chi connectivity index (χ4n) is 4.49. The van der Waals surface area contributed by atoms with Crippen molar-refractivity contribution in [3.63, 3.8) is 0 Å². The van der Waals surface area contributed by atoms with E-state index in [0.717, 1.165) is 41.3 Å². The standard InChI is InChI=1S/C28H27ClN4O2/c1-20-8-7-9-21(18-20)33-26(19-24(30-33)22-10-3-4-11-23(22)29)28(34)32-16-14-31(15-17-32)25-12-5-6-13-27(25)35-2/h3-13,18-19H,14-17H2,1-2H3. The predicted octanol–water partition coefficient (Wildman–Crippen LogP) is 5.47. The van der Waals surface area contributed by atoms with Gasteiger partial charge in [0.05, 0.1) is 29.2 Å². The average molecular weight is 487 g/mol. The van der Waals surface area contributed by atoms with E-state index in [1.807, 2.05) is 84.6 Å². The molecule has 4 aromatic rings. The molecular formula is C28H27ClN4O2. The summed E-state index contributed by atoms with van der Waals surface area (Å²) in [6, 6.07) is 25.4. The third-order valence-electron chi connectivity index (χ3n) is 6.32. The van der Waals surface area contributed by atoms with Gasteiger partial charge in [-0.25, -0.2) is 4.68 Å². The number of piperazine rings is 1. The molecule has 1 aliphatic heterocycles. The van der Waals surface area contributed by atoms with Crippen LogP contribution < -0.4 is 9.64 Å². The number of nitrogens with zero attached hydrogens (tertiary/aromatic N) is 4. The summed E-state index contributed by atoms with van der Waals surface area (Å²) in [7, 11) is 1.68. The maximum absolute atomic E-state index is 13.8. The Kier molecular flexibility index (Phi) is 6.47. The number of ether oxygens (including phenoxy) is 1. The third-order valence-corrected chi connectivity index (χ3v) is 6.65. The first-order valence-corrected chi connectivity index (χ1v) is 12.0. The van der Waals surface area contributed by atoms with Crippen molar-refractivity contribution in [3.05, 3.63) is 95.1 Å². The SMILES string of the molecule is COc1ccccc1N1CCN(C(=O)c2cc(-c3ccccc3Cl)nn2-c2cccc(C)c2)CC1. The second kappa shape index (κ2) is 9.84. The molecule has 0 atom stereocenters. The van der Waals surface area contributed by atoms with E-state index in [4.69, 9.17) is 21.4 Å². The van der Waals surface area contributed by atoms with Gasteiger partial charge in [-0.2, -0.15) is 5.10 Å². The molecule has 6 nitrogen and oxygen atoms in total. The normalized spacial score (nSPS) is 13.7. The monoisotopic (exact) mass is 486 g/mol. The lowest BCUT2D eigenvalue weighted by molar-refractivity contribution is 0.0737. The number of aromatic nitrogens is 2. The third kappa shape index (κ3) is 4.62. The fraction of sp³-hybridized carbons (Fsp3) is 0.214. The van der Waals surface area contributed by atoms with Gasteiger partial charge in [-0.3, -0.25) is 4.79 Å². The Morgan fingerprint density at radius 2 is 1.66 bits per heavy atom. The van der Waals surface area contributed by atoms with Crippen molar-refractivity contribution in [2.75, 3.05) is 38.2 Å². The molecule has 1 aliphatic rings. The Labute approximate surface area is 210 Å². The smallest absolute Gasteiger partial charge is 0.272 e. The molecule has 0 spiro atoms. The summed E-state index contributed by atoms with van der Waals surface area (Å²) in [5.74, 6) is 0.797. The van der Waals surface area contributed by atoms with Gasteiger partial charge in [0.2, 0.25) is 0 Å². The minimum absolute atomic E-state index is 0.0445. The van der Waals surface area contributed by atoms with Crippen LogP contribution in [0.25, 0.3) is 16.9 Å². The van der Waals surface area contributed by atoms with Crippen molar-refractivity contribution < 1.29 is 9.53 Å². The number of hydrogen-bond donors (Lipinski definition) is 0. The Hall–Kier alpha value is -3.77. The van der Waals surface area contributed by atoms with Crippen LogP contribution in [0.1, 0.15) is 16.1 Å². The zero-order chi connectivity index (χ0) is 24.4. The maximum atomic E-state index is 13.8. The van der Waals surface area contributed by atoms with Gasteiger partial charge in [0.1, 0.15) is 11.4 Å². The van der Waals surface area contributed by atoms with E-state index in [0.29, 0.717) is 29.5 Å². The Bertz CT molecular complexity index is 1360. The van der Waals surface area contributed by atoms with Gasteiger partial charge in [0.15, 0.2) is 0 Å². The van der Waals surface area contributed by atoms with Gasteiger partial charge in [0, 0.05) is 31.7 Å². The van der Waals surface area contributed by atoms with Gasteiger partial charge in [-0.05, 0) is 48.9 Å².